The smallest absolute Gasteiger partial charge is 0.310 e. The molecule has 2 N–H and O–H groups in total. The minimum absolute atomic E-state index is 0.0173. The summed E-state index contributed by atoms with van der Waals surface area (Å²) in [7, 11) is 0. The van der Waals surface area contributed by atoms with Crippen molar-refractivity contribution in [2.45, 2.75) is 12.6 Å². The lowest BCUT2D eigenvalue weighted by atomic mass is 9.96. The first kappa shape index (κ1) is 18.7. The standard InChI is InChI=1S/C22H15F3N2O2/c23-22(24,25)16-9-4-8-15(11-16)19-18(26-21(29)27-20(19)28)12-14-7-3-6-13-5-1-2-10-17(13)14/h1-11H,12H2,(H2,26,27,28,29). The van der Waals surface area contributed by atoms with Crippen LogP contribution in [0.15, 0.2) is 76.3 Å². The number of hydrogen-bond acceptors (Lipinski definition) is 2. The average Bonchev–Trinajstić information content (AvgIpc) is 2.67. The lowest BCUT2D eigenvalue weighted by Crippen LogP contribution is -2.26. The van der Waals surface area contributed by atoms with Crippen molar-refractivity contribution in [1.29, 1.82) is 0 Å². The number of hydrogen-bond donors (Lipinski definition) is 2. The summed E-state index contributed by atoms with van der Waals surface area (Å²) < 4.78 is 39.4. The molecule has 0 atom stereocenters. The second-order valence-corrected chi connectivity index (χ2v) is 6.66. The summed E-state index contributed by atoms with van der Waals surface area (Å²) in [6.45, 7) is 0. The number of H-pyrrole nitrogens is 2. The van der Waals surface area contributed by atoms with Gasteiger partial charge < -0.3 is 4.98 Å². The van der Waals surface area contributed by atoms with Gasteiger partial charge in [0.15, 0.2) is 0 Å². The molecule has 0 saturated heterocycles. The number of aromatic nitrogens is 2. The molecule has 0 aliphatic carbocycles. The van der Waals surface area contributed by atoms with Gasteiger partial charge in [-0.1, -0.05) is 54.6 Å². The van der Waals surface area contributed by atoms with Crippen molar-refractivity contribution >= 4 is 10.8 Å². The Morgan fingerprint density at radius 3 is 2.34 bits per heavy atom. The summed E-state index contributed by atoms with van der Waals surface area (Å²) in [5, 5.41) is 1.92. The highest BCUT2D eigenvalue weighted by atomic mass is 19.4. The lowest BCUT2D eigenvalue weighted by Gasteiger charge is -2.12. The zero-order chi connectivity index (χ0) is 20.6. The molecule has 7 heteroatoms. The van der Waals surface area contributed by atoms with Crippen LogP contribution < -0.4 is 11.2 Å². The van der Waals surface area contributed by atoms with E-state index in [1.807, 2.05) is 42.5 Å². The molecule has 146 valence electrons. The van der Waals surface area contributed by atoms with Crippen molar-refractivity contribution in [2.75, 3.05) is 0 Å². The number of fused-ring (bicyclic) bond motifs is 1. The molecule has 0 spiro atoms. The van der Waals surface area contributed by atoms with Gasteiger partial charge in [0.25, 0.3) is 5.56 Å². The quantitative estimate of drug-likeness (QED) is 0.536. The van der Waals surface area contributed by atoms with E-state index in [1.54, 1.807) is 0 Å². The summed E-state index contributed by atoms with van der Waals surface area (Å²) in [5.74, 6) is 0. The van der Waals surface area contributed by atoms with E-state index >= 15 is 0 Å². The number of benzene rings is 3. The third-order valence-electron chi connectivity index (χ3n) is 4.75. The van der Waals surface area contributed by atoms with Gasteiger partial charge in [-0.15, -0.1) is 0 Å². The van der Waals surface area contributed by atoms with Gasteiger partial charge in [-0.25, -0.2) is 4.79 Å². The van der Waals surface area contributed by atoms with Gasteiger partial charge in [-0.3, -0.25) is 9.78 Å². The minimum atomic E-state index is -4.54. The van der Waals surface area contributed by atoms with Crippen molar-refractivity contribution in [2.24, 2.45) is 0 Å². The van der Waals surface area contributed by atoms with Crippen LogP contribution >= 0.6 is 0 Å². The van der Waals surface area contributed by atoms with E-state index in [9.17, 15) is 22.8 Å². The van der Waals surface area contributed by atoms with Gasteiger partial charge in [0.1, 0.15) is 0 Å². The van der Waals surface area contributed by atoms with Gasteiger partial charge in [-0.05, 0) is 34.0 Å². The molecule has 0 amide bonds. The van der Waals surface area contributed by atoms with E-state index in [1.165, 1.54) is 12.1 Å². The van der Waals surface area contributed by atoms with Crippen LogP contribution in [-0.2, 0) is 12.6 Å². The van der Waals surface area contributed by atoms with E-state index in [-0.39, 0.29) is 23.2 Å². The maximum atomic E-state index is 13.1. The van der Waals surface area contributed by atoms with Gasteiger partial charge in [0.05, 0.1) is 11.1 Å². The molecule has 0 saturated carbocycles. The number of alkyl halides is 3. The molecule has 1 aromatic heterocycles. The van der Waals surface area contributed by atoms with Gasteiger partial charge in [0, 0.05) is 12.1 Å². The minimum Gasteiger partial charge on any atom is -0.310 e. The zero-order valence-electron chi connectivity index (χ0n) is 15.0. The second-order valence-electron chi connectivity index (χ2n) is 6.66. The molecule has 4 aromatic rings. The van der Waals surface area contributed by atoms with E-state index in [0.29, 0.717) is 0 Å². The van der Waals surface area contributed by atoms with Crippen LogP contribution in [0.5, 0.6) is 0 Å². The normalized spacial score (nSPS) is 11.7. The second kappa shape index (κ2) is 7.09. The first-order valence-electron chi connectivity index (χ1n) is 8.83. The molecule has 0 bridgehead atoms. The molecule has 0 aliphatic heterocycles. The predicted molar refractivity (Wildman–Crippen MR) is 105 cm³/mol. The van der Waals surface area contributed by atoms with Crippen LogP contribution in [0.1, 0.15) is 16.8 Å². The first-order chi connectivity index (χ1) is 13.8. The molecule has 1 heterocycles. The summed E-state index contributed by atoms with van der Waals surface area (Å²) in [6, 6.07) is 17.8. The molecule has 4 nitrogen and oxygen atoms in total. The fourth-order valence-corrected chi connectivity index (χ4v) is 3.46. The van der Waals surface area contributed by atoms with Crippen LogP contribution in [-0.4, -0.2) is 9.97 Å². The van der Waals surface area contributed by atoms with Crippen molar-refractivity contribution < 1.29 is 13.2 Å². The van der Waals surface area contributed by atoms with Crippen LogP contribution in [0, 0.1) is 0 Å². The summed E-state index contributed by atoms with van der Waals surface area (Å²) in [5.41, 5.74) is -1.09. The molecule has 0 aliphatic rings. The van der Waals surface area contributed by atoms with E-state index in [4.69, 9.17) is 0 Å². The van der Waals surface area contributed by atoms with E-state index in [2.05, 4.69) is 9.97 Å². The van der Waals surface area contributed by atoms with Crippen LogP contribution in [0.25, 0.3) is 21.9 Å². The Morgan fingerprint density at radius 1 is 0.828 bits per heavy atom. The third kappa shape index (κ3) is 3.71. The molecule has 4 rings (SSSR count). The Hall–Kier alpha value is -3.61. The monoisotopic (exact) mass is 396 g/mol. The maximum Gasteiger partial charge on any atom is 0.416 e. The average molecular weight is 396 g/mol. The van der Waals surface area contributed by atoms with Gasteiger partial charge in [0.2, 0.25) is 0 Å². The highest BCUT2D eigenvalue weighted by Crippen LogP contribution is 2.32. The largest absolute Gasteiger partial charge is 0.416 e. The number of nitrogens with one attached hydrogen (secondary N) is 2. The van der Waals surface area contributed by atoms with E-state index < -0.39 is 23.0 Å². The molecule has 0 fully saturated rings. The van der Waals surface area contributed by atoms with Crippen LogP contribution in [0.2, 0.25) is 0 Å². The molecule has 0 radical (unpaired) electrons. The Kier molecular flexibility index (Phi) is 4.58. The molecular formula is C22H15F3N2O2. The highest BCUT2D eigenvalue weighted by molar-refractivity contribution is 5.86. The van der Waals surface area contributed by atoms with Crippen molar-refractivity contribution in [3.63, 3.8) is 0 Å². The Labute approximate surface area is 162 Å². The number of aromatic amines is 2. The van der Waals surface area contributed by atoms with Crippen molar-refractivity contribution in [3.8, 4) is 11.1 Å². The summed E-state index contributed by atoms with van der Waals surface area (Å²) in [6.07, 6.45) is -4.35. The predicted octanol–water partition coefficient (Wildman–Crippen LogP) is 4.49. The maximum absolute atomic E-state index is 13.1. The molecule has 3 aromatic carbocycles. The Bertz CT molecular complexity index is 1310. The molecular weight excluding hydrogens is 381 g/mol. The fourth-order valence-electron chi connectivity index (χ4n) is 3.46. The topological polar surface area (TPSA) is 65.7 Å². The van der Waals surface area contributed by atoms with Crippen molar-refractivity contribution in [1.82, 2.24) is 9.97 Å². The van der Waals surface area contributed by atoms with Gasteiger partial charge >= 0.3 is 11.9 Å². The molecule has 0 unspecified atom stereocenters. The Balaban J connectivity index is 1.90. The third-order valence-corrected chi connectivity index (χ3v) is 4.75. The number of halogens is 3. The highest BCUT2D eigenvalue weighted by Gasteiger charge is 2.31. The number of rotatable bonds is 3. The van der Waals surface area contributed by atoms with Crippen LogP contribution in [0.4, 0.5) is 13.2 Å². The van der Waals surface area contributed by atoms with E-state index in [0.717, 1.165) is 28.5 Å². The SMILES string of the molecule is O=c1[nH]c(Cc2cccc3ccccc23)c(-c2cccc(C(F)(F)F)c2)c(=O)[nH]1. The molecule has 29 heavy (non-hydrogen) atoms. The van der Waals surface area contributed by atoms with Gasteiger partial charge in [-0.2, -0.15) is 13.2 Å². The first-order valence-corrected chi connectivity index (χ1v) is 8.83. The lowest BCUT2D eigenvalue weighted by molar-refractivity contribution is -0.137. The van der Waals surface area contributed by atoms with Crippen LogP contribution in [0.3, 0.4) is 0 Å². The zero-order valence-corrected chi connectivity index (χ0v) is 15.0. The van der Waals surface area contributed by atoms with Crippen molar-refractivity contribution in [3.05, 3.63) is 104 Å². The Morgan fingerprint density at radius 2 is 1.55 bits per heavy atom. The summed E-state index contributed by atoms with van der Waals surface area (Å²) in [4.78, 5) is 29.1. The fraction of sp³-hybridized carbons (Fsp3) is 0.0909. The summed E-state index contributed by atoms with van der Waals surface area (Å²) >= 11 is 0.